The van der Waals surface area contributed by atoms with Gasteiger partial charge in [0.1, 0.15) is 5.75 Å². The third kappa shape index (κ3) is 4.39. The zero-order valence-corrected chi connectivity index (χ0v) is 12.8. The van der Waals surface area contributed by atoms with Gasteiger partial charge >= 0.3 is 5.97 Å². The third-order valence-corrected chi connectivity index (χ3v) is 4.54. The van der Waals surface area contributed by atoms with Gasteiger partial charge in [0.25, 0.3) is 0 Å². The van der Waals surface area contributed by atoms with Gasteiger partial charge < -0.3 is 14.7 Å². The van der Waals surface area contributed by atoms with Crippen LogP contribution in [0.5, 0.6) is 5.75 Å². The van der Waals surface area contributed by atoms with Gasteiger partial charge in [0.05, 0.1) is 18.8 Å². The summed E-state index contributed by atoms with van der Waals surface area (Å²) < 4.78 is 4.73. The molecule has 1 saturated heterocycles. The number of rotatable bonds is 4. The van der Waals surface area contributed by atoms with E-state index in [2.05, 4.69) is 0 Å². The number of amides is 1. The summed E-state index contributed by atoms with van der Waals surface area (Å²) in [6.07, 6.45) is 1.32. The number of carbonyl (C=O) groups is 2. The lowest BCUT2D eigenvalue weighted by Gasteiger charge is -2.30. The van der Waals surface area contributed by atoms with Crippen molar-refractivity contribution in [1.82, 2.24) is 4.90 Å². The summed E-state index contributed by atoms with van der Waals surface area (Å²) in [6, 6.07) is 6.86. The van der Waals surface area contributed by atoms with Crippen LogP contribution < -0.4 is 0 Å². The van der Waals surface area contributed by atoms with Gasteiger partial charge in [-0.1, -0.05) is 6.07 Å². The van der Waals surface area contributed by atoms with E-state index in [0.29, 0.717) is 31.7 Å². The predicted octanol–water partition coefficient (Wildman–Crippen LogP) is 1.90. The summed E-state index contributed by atoms with van der Waals surface area (Å²) in [5.41, 5.74) is 0. The molecule has 0 bridgehead atoms. The second-order valence-corrected chi connectivity index (χ2v) is 6.01. The Hall–Kier alpha value is -1.69. The molecule has 0 saturated carbocycles. The molecule has 0 spiro atoms. The Bertz CT molecular complexity index is 512. The molecule has 1 amide bonds. The van der Waals surface area contributed by atoms with Gasteiger partial charge in [-0.15, -0.1) is 11.8 Å². The lowest BCUT2D eigenvalue weighted by molar-refractivity contribution is -0.148. The first-order valence-electron chi connectivity index (χ1n) is 6.87. The number of carbonyl (C=O) groups excluding carboxylic acids is 2. The van der Waals surface area contributed by atoms with E-state index in [1.165, 1.54) is 18.9 Å². The van der Waals surface area contributed by atoms with Gasteiger partial charge in [0.15, 0.2) is 0 Å². The number of esters is 1. The largest absolute Gasteiger partial charge is 0.508 e. The van der Waals surface area contributed by atoms with Crippen molar-refractivity contribution in [3.05, 3.63) is 24.3 Å². The summed E-state index contributed by atoms with van der Waals surface area (Å²) in [5, 5.41) is 9.38. The number of benzene rings is 1. The molecular weight excluding hydrogens is 290 g/mol. The lowest BCUT2D eigenvalue weighted by atomic mass is 9.97. The van der Waals surface area contributed by atoms with Crippen LogP contribution >= 0.6 is 11.8 Å². The molecule has 2 rings (SSSR count). The van der Waals surface area contributed by atoms with E-state index in [-0.39, 0.29) is 23.5 Å². The number of likely N-dealkylation sites (tertiary alicyclic amines) is 1. The molecule has 0 atom stereocenters. The monoisotopic (exact) mass is 309 g/mol. The van der Waals surface area contributed by atoms with Crippen LogP contribution in [0.1, 0.15) is 12.8 Å². The van der Waals surface area contributed by atoms with Crippen LogP contribution in [0.25, 0.3) is 0 Å². The highest BCUT2D eigenvalue weighted by Gasteiger charge is 2.27. The Balaban J connectivity index is 1.78. The van der Waals surface area contributed by atoms with E-state index in [0.717, 1.165) is 4.90 Å². The quantitative estimate of drug-likeness (QED) is 0.679. The topological polar surface area (TPSA) is 66.8 Å². The molecule has 0 aliphatic carbocycles. The van der Waals surface area contributed by atoms with Gasteiger partial charge in [0, 0.05) is 18.0 Å². The number of hydrogen-bond acceptors (Lipinski definition) is 5. The van der Waals surface area contributed by atoms with Crippen LogP contribution in [-0.2, 0) is 14.3 Å². The number of nitrogens with zero attached hydrogens (tertiary/aromatic N) is 1. The molecule has 1 N–H and O–H groups in total. The summed E-state index contributed by atoms with van der Waals surface area (Å²) in [5.74, 6) is 0.332. The van der Waals surface area contributed by atoms with Gasteiger partial charge in [-0.25, -0.2) is 0 Å². The zero-order valence-electron chi connectivity index (χ0n) is 11.9. The summed E-state index contributed by atoms with van der Waals surface area (Å²) in [6.45, 7) is 1.19. The average Bonchev–Trinajstić information content (AvgIpc) is 2.52. The Morgan fingerprint density at radius 2 is 2.10 bits per heavy atom. The maximum atomic E-state index is 12.1. The smallest absolute Gasteiger partial charge is 0.308 e. The minimum absolute atomic E-state index is 0.0617. The first-order valence-corrected chi connectivity index (χ1v) is 7.86. The fourth-order valence-electron chi connectivity index (χ4n) is 2.34. The first kappa shape index (κ1) is 15.7. The highest BCUT2D eigenvalue weighted by molar-refractivity contribution is 8.00. The summed E-state index contributed by atoms with van der Waals surface area (Å²) in [7, 11) is 1.39. The molecular formula is C15H19NO4S. The van der Waals surface area contributed by atoms with Crippen molar-refractivity contribution in [3.63, 3.8) is 0 Å². The second-order valence-electron chi connectivity index (χ2n) is 4.96. The summed E-state index contributed by atoms with van der Waals surface area (Å²) >= 11 is 1.41. The van der Waals surface area contributed by atoms with Gasteiger partial charge in [-0.3, -0.25) is 9.59 Å². The minimum Gasteiger partial charge on any atom is -0.508 e. The van der Waals surface area contributed by atoms with Crippen LogP contribution in [0.3, 0.4) is 0 Å². The highest BCUT2D eigenvalue weighted by Crippen LogP contribution is 2.24. The third-order valence-electron chi connectivity index (χ3n) is 3.56. The zero-order chi connectivity index (χ0) is 15.2. The average molecular weight is 309 g/mol. The van der Waals surface area contributed by atoms with E-state index >= 15 is 0 Å². The molecule has 114 valence electrons. The van der Waals surface area contributed by atoms with Crippen molar-refractivity contribution in [3.8, 4) is 5.75 Å². The van der Waals surface area contributed by atoms with Crippen LogP contribution in [0.15, 0.2) is 29.2 Å². The molecule has 1 fully saturated rings. The van der Waals surface area contributed by atoms with E-state index in [1.807, 2.05) is 6.07 Å². The normalized spacial score (nSPS) is 15.8. The molecule has 5 nitrogen and oxygen atoms in total. The number of ether oxygens (including phenoxy) is 1. The Morgan fingerprint density at radius 1 is 1.38 bits per heavy atom. The van der Waals surface area contributed by atoms with Crippen molar-refractivity contribution in [2.24, 2.45) is 5.92 Å². The number of thioether (sulfide) groups is 1. The van der Waals surface area contributed by atoms with Gasteiger partial charge in [0.2, 0.25) is 5.91 Å². The molecule has 6 heteroatoms. The van der Waals surface area contributed by atoms with Crippen molar-refractivity contribution < 1.29 is 19.4 Å². The van der Waals surface area contributed by atoms with E-state index < -0.39 is 0 Å². The number of hydrogen-bond donors (Lipinski definition) is 1. The Morgan fingerprint density at radius 3 is 2.71 bits per heavy atom. The molecule has 0 aromatic heterocycles. The van der Waals surface area contributed by atoms with Crippen LogP contribution in [0.4, 0.5) is 0 Å². The van der Waals surface area contributed by atoms with Crippen LogP contribution in [-0.4, -0.2) is 47.8 Å². The maximum Gasteiger partial charge on any atom is 0.308 e. The Kier molecular flexibility index (Phi) is 5.50. The van der Waals surface area contributed by atoms with Crippen molar-refractivity contribution >= 4 is 23.6 Å². The molecule has 1 heterocycles. The number of phenolic OH excluding ortho intramolecular Hbond substituents is 1. The van der Waals surface area contributed by atoms with E-state index in [9.17, 15) is 14.7 Å². The van der Waals surface area contributed by atoms with E-state index in [4.69, 9.17) is 4.74 Å². The molecule has 0 radical (unpaired) electrons. The Labute approximate surface area is 128 Å². The van der Waals surface area contributed by atoms with Crippen molar-refractivity contribution in [1.29, 1.82) is 0 Å². The molecule has 0 unspecified atom stereocenters. The number of piperidine rings is 1. The van der Waals surface area contributed by atoms with Gasteiger partial charge in [-0.05, 0) is 31.0 Å². The lowest BCUT2D eigenvalue weighted by Crippen LogP contribution is -2.41. The summed E-state index contributed by atoms with van der Waals surface area (Å²) in [4.78, 5) is 26.2. The van der Waals surface area contributed by atoms with Gasteiger partial charge in [-0.2, -0.15) is 0 Å². The number of aromatic hydroxyl groups is 1. The number of phenols is 1. The standard InChI is InChI=1S/C15H19NO4S/c1-20-15(19)11-5-7-16(8-6-11)14(18)10-21-13-4-2-3-12(17)9-13/h2-4,9,11,17H,5-8,10H2,1H3. The SMILES string of the molecule is COC(=O)C1CCN(C(=O)CSc2cccc(O)c2)CC1. The highest BCUT2D eigenvalue weighted by atomic mass is 32.2. The molecule has 1 aliphatic rings. The van der Waals surface area contributed by atoms with Crippen molar-refractivity contribution in [2.75, 3.05) is 26.0 Å². The molecule has 21 heavy (non-hydrogen) atoms. The predicted molar refractivity (Wildman–Crippen MR) is 80.2 cm³/mol. The molecule has 1 aromatic carbocycles. The fraction of sp³-hybridized carbons (Fsp3) is 0.467. The second kappa shape index (κ2) is 7.36. The fourth-order valence-corrected chi connectivity index (χ4v) is 3.19. The van der Waals surface area contributed by atoms with Crippen LogP contribution in [0, 0.1) is 5.92 Å². The maximum absolute atomic E-state index is 12.1. The minimum atomic E-state index is -0.184. The van der Waals surface area contributed by atoms with Crippen molar-refractivity contribution in [2.45, 2.75) is 17.7 Å². The molecule has 1 aromatic rings. The van der Waals surface area contributed by atoms with Crippen LogP contribution in [0.2, 0.25) is 0 Å². The first-order chi connectivity index (χ1) is 10.1. The van der Waals surface area contributed by atoms with E-state index in [1.54, 1.807) is 23.1 Å². The number of methoxy groups -OCH3 is 1. The molecule has 1 aliphatic heterocycles.